The highest BCUT2D eigenvalue weighted by Gasteiger charge is 2.32. The van der Waals surface area contributed by atoms with E-state index >= 15 is 0 Å². The molecule has 0 bridgehead atoms. The number of carbonyl (C=O) groups excluding carboxylic acids is 1. The molecule has 0 aliphatic carbocycles. The van der Waals surface area contributed by atoms with Gasteiger partial charge in [0.2, 0.25) is 0 Å². The Hall–Kier alpha value is -1.56. The molecule has 98 valence electrons. The number of nitrogens with zero attached hydrogens (tertiary/aromatic N) is 1. The van der Waals surface area contributed by atoms with Gasteiger partial charge >= 0.3 is 5.97 Å². The number of aliphatic carboxylic acids is 1. The first-order valence-corrected chi connectivity index (χ1v) is 6.65. The second-order valence-electron chi connectivity index (χ2n) is 4.21. The first-order valence-electron chi connectivity index (χ1n) is 5.77. The summed E-state index contributed by atoms with van der Waals surface area (Å²) in [4.78, 5) is 25.3. The van der Waals surface area contributed by atoms with E-state index < -0.39 is 5.97 Å². The smallest absolute Gasteiger partial charge is 0.305 e. The van der Waals surface area contributed by atoms with Crippen molar-refractivity contribution in [2.75, 3.05) is 13.7 Å². The lowest BCUT2D eigenvalue weighted by Gasteiger charge is -2.23. The Labute approximate surface area is 109 Å². The summed E-state index contributed by atoms with van der Waals surface area (Å²) in [5.41, 5.74) is 0. The number of carbonyl (C=O) groups is 2. The second kappa shape index (κ2) is 5.39. The molecule has 1 fully saturated rings. The van der Waals surface area contributed by atoms with Crippen LogP contribution in [0.1, 0.15) is 28.9 Å². The maximum absolute atomic E-state index is 12.3. The molecule has 0 radical (unpaired) electrons. The van der Waals surface area contributed by atoms with E-state index in [1.807, 2.05) is 0 Å². The number of hydrogen-bond acceptors (Lipinski definition) is 4. The van der Waals surface area contributed by atoms with Gasteiger partial charge in [0.15, 0.2) is 0 Å². The SMILES string of the molecule is COc1ccsc1C(=O)N1CCCC1CC(=O)O. The molecule has 5 nitrogen and oxygen atoms in total. The second-order valence-corrected chi connectivity index (χ2v) is 5.13. The minimum atomic E-state index is -0.863. The van der Waals surface area contributed by atoms with Crippen LogP contribution in [0.2, 0.25) is 0 Å². The number of amides is 1. The number of hydrogen-bond donors (Lipinski definition) is 1. The molecule has 1 saturated heterocycles. The van der Waals surface area contributed by atoms with E-state index in [9.17, 15) is 9.59 Å². The van der Waals surface area contributed by atoms with Crippen molar-refractivity contribution < 1.29 is 19.4 Å². The summed E-state index contributed by atoms with van der Waals surface area (Å²) >= 11 is 1.33. The largest absolute Gasteiger partial charge is 0.495 e. The predicted molar refractivity (Wildman–Crippen MR) is 67.2 cm³/mol. The van der Waals surface area contributed by atoms with E-state index in [1.54, 1.807) is 16.3 Å². The van der Waals surface area contributed by atoms with Gasteiger partial charge in [0.25, 0.3) is 5.91 Å². The summed E-state index contributed by atoms with van der Waals surface area (Å²) in [6, 6.07) is 1.56. The van der Waals surface area contributed by atoms with E-state index in [-0.39, 0.29) is 18.4 Å². The molecule has 1 aliphatic rings. The summed E-state index contributed by atoms with van der Waals surface area (Å²) in [7, 11) is 1.53. The third-order valence-electron chi connectivity index (χ3n) is 3.09. The molecule has 0 saturated carbocycles. The average Bonchev–Trinajstić information content (AvgIpc) is 2.95. The summed E-state index contributed by atoms with van der Waals surface area (Å²) in [5, 5.41) is 10.6. The number of carboxylic acids is 1. The highest BCUT2D eigenvalue weighted by atomic mass is 32.1. The molecule has 0 aromatic carbocycles. The summed E-state index contributed by atoms with van der Waals surface area (Å²) in [6.07, 6.45) is 1.63. The lowest BCUT2D eigenvalue weighted by atomic mass is 10.1. The van der Waals surface area contributed by atoms with Gasteiger partial charge in [-0.1, -0.05) is 0 Å². The maximum atomic E-state index is 12.3. The van der Waals surface area contributed by atoms with Crippen LogP contribution in [0.4, 0.5) is 0 Å². The highest BCUT2D eigenvalue weighted by Crippen LogP contribution is 2.30. The fourth-order valence-corrected chi connectivity index (χ4v) is 3.07. The van der Waals surface area contributed by atoms with Crippen molar-refractivity contribution in [3.8, 4) is 5.75 Å². The number of rotatable bonds is 4. The van der Waals surface area contributed by atoms with Crippen LogP contribution >= 0.6 is 11.3 Å². The molecule has 1 aromatic heterocycles. The number of likely N-dealkylation sites (tertiary alicyclic amines) is 1. The van der Waals surface area contributed by atoms with E-state index in [0.29, 0.717) is 17.2 Å². The van der Waals surface area contributed by atoms with Gasteiger partial charge in [-0.2, -0.15) is 0 Å². The highest BCUT2D eigenvalue weighted by molar-refractivity contribution is 7.12. The minimum absolute atomic E-state index is 0.0133. The summed E-state index contributed by atoms with van der Waals surface area (Å²) in [5.74, 6) is -0.422. The Morgan fingerprint density at radius 1 is 1.61 bits per heavy atom. The molecule has 1 aromatic rings. The molecule has 1 unspecified atom stereocenters. The van der Waals surface area contributed by atoms with Crippen molar-refractivity contribution in [2.45, 2.75) is 25.3 Å². The summed E-state index contributed by atoms with van der Waals surface area (Å²) in [6.45, 7) is 0.623. The van der Waals surface area contributed by atoms with Crippen LogP contribution in [-0.2, 0) is 4.79 Å². The van der Waals surface area contributed by atoms with Crippen molar-refractivity contribution in [1.29, 1.82) is 0 Å². The van der Waals surface area contributed by atoms with E-state index in [1.165, 1.54) is 18.4 Å². The third kappa shape index (κ3) is 2.48. The minimum Gasteiger partial charge on any atom is -0.495 e. The molecule has 0 spiro atoms. The lowest BCUT2D eigenvalue weighted by molar-refractivity contribution is -0.137. The van der Waals surface area contributed by atoms with Crippen molar-refractivity contribution in [3.63, 3.8) is 0 Å². The van der Waals surface area contributed by atoms with Crippen LogP contribution in [-0.4, -0.2) is 41.6 Å². The molecule has 1 amide bonds. The monoisotopic (exact) mass is 269 g/mol. The number of thiophene rings is 1. The average molecular weight is 269 g/mol. The molecule has 1 aliphatic heterocycles. The number of ether oxygens (including phenoxy) is 1. The van der Waals surface area contributed by atoms with Crippen molar-refractivity contribution in [1.82, 2.24) is 4.90 Å². The summed E-state index contributed by atoms with van der Waals surface area (Å²) < 4.78 is 5.13. The zero-order valence-electron chi connectivity index (χ0n) is 10.1. The fourth-order valence-electron chi connectivity index (χ4n) is 2.26. The van der Waals surface area contributed by atoms with E-state index in [4.69, 9.17) is 9.84 Å². The normalized spacial score (nSPS) is 18.9. The zero-order chi connectivity index (χ0) is 13.1. The quantitative estimate of drug-likeness (QED) is 0.905. The van der Waals surface area contributed by atoms with Gasteiger partial charge in [-0.3, -0.25) is 9.59 Å². The van der Waals surface area contributed by atoms with Gasteiger partial charge in [-0.15, -0.1) is 11.3 Å². The van der Waals surface area contributed by atoms with Crippen LogP contribution in [0.25, 0.3) is 0 Å². The van der Waals surface area contributed by atoms with Crippen molar-refractivity contribution in [2.24, 2.45) is 0 Å². The van der Waals surface area contributed by atoms with Gasteiger partial charge in [0.1, 0.15) is 10.6 Å². The van der Waals surface area contributed by atoms with Crippen LogP contribution in [0.5, 0.6) is 5.75 Å². The van der Waals surface area contributed by atoms with Crippen LogP contribution in [0.15, 0.2) is 11.4 Å². The Kier molecular flexibility index (Phi) is 3.86. The molecule has 18 heavy (non-hydrogen) atoms. The first kappa shape index (κ1) is 12.9. The Bertz CT molecular complexity index is 457. The van der Waals surface area contributed by atoms with Gasteiger partial charge in [0, 0.05) is 12.6 Å². The number of carboxylic acid groups (broad SMARTS) is 1. The van der Waals surface area contributed by atoms with Gasteiger partial charge in [0.05, 0.1) is 13.5 Å². The van der Waals surface area contributed by atoms with Gasteiger partial charge < -0.3 is 14.7 Å². The van der Waals surface area contributed by atoms with Crippen LogP contribution in [0, 0.1) is 0 Å². The molecular formula is C12H15NO4S. The van der Waals surface area contributed by atoms with E-state index in [0.717, 1.165) is 12.8 Å². The Morgan fingerprint density at radius 2 is 2.39 bits per heavy atom. The van der Waals surface area contributed by atoms with E-state index in [2.05, 4.69) is 0 Å². The lowest BCUT2D eigenvalue weighted by Crippen LogP contribution is -2.36. The molecule has 2 heterocycles. The van der Waals surface area contributed by atoms with Crippen LogP contribution < -0.4 is 4.74 Å². The zero-order valence-corrected chi connectivity index (χ0v) is 10.9. The molecule has 1 N–H and O–H groups in total. The molecule has 2 rings (SSSR count). The molecule has 6 heteroatoms. The Morgan fingerprint density at radius 3 is 3.06 bits per heavy atom. The van der Waals surface area contributed by atoms with Gasteiger partial charge in [-0.05, 0) is 24.3 Å². The first-order chi connectivity index (χ1) is 8.63. The van der Waals surface area contributed by atoms with Crippen LogP contribution in [0.3, 0.4) is 0 Å². The fraction of sp³-hybridized carbons (Fsp3) is 0.500. The molecule has 1 atom stereocenters. The molecular weight excluding hydrogens is 254 g/mol. The number of methoxy groups -OCH3 is 1. The standard InChI is InChI=1S/C12H15NO4S/c1-17-9-4-6-18-11(9)12(16)13-5-2-3-8(13)7-10(14)15/h4,6,8H,2-3,5,7H2,1H3,(H,14,15). The van der Waals surface area contributed by atoms with Crippen molar-refractivity contribution in [3.05, 3.63) is 16.3 Å². The maximum Gasteiger partial charge on any atom is 0.305 e. The Balaban J connectivity index is 2.15. The topological polar surface area (TPSA) is 66.8 Å². The van der Waals surface area contributed by atoms with Crippen molar-refractivity contribution >= 4 is 23.2 Å². The third-order valence-corrected chi connectivity index (χ3v) is 3.98. The predicted octanol–water partition coefficient (Wildman–Crippen LogP) is 1.84. The van der Waals surface area contributed by atoms with Gasteiger partial charge in [-0.25, -0.2) is 0 Å².